The molecular weight excluding hydrogens is 230 g/mol. The molecule has 1 aromatic heterocycles. The largest absolute Gasteiger partial charge is 0.388 e. The van der Waals surface area contributed by atoms with Crippen LogP contribution in [0.1, 0.15) is 23.8 Å². The monoisotopic (exact) mass is 249 g/mol. The molecule has 0 saturated heterocycles. The van der Waals surface area contributed by atoms with E-state index >= 15 is 0 Å². The Morgan fingerprint density at radius 1 is 1.67 bits per heavy atom. The molecule has 0 aliphatic heterocycles. The van der Waals surface area contributed by atoms with Crippen molar-refractivity contribution in [3.63, 3.8) is 0 Å². The molecule has 0 aliphatic carbocycles. The summed E-state index contributed by atoms with van der Waals surface area (Å²) < 4.78 is 0. The molecule has 0 aliphatic rings. The van der Waals surface area contributed by atoms with Gasteiger partial charge in [0.25, 0.3) is 5.91 Å². The number of hydrogen-bond donors (Lipinski definition) is 3. The van der Waals surface area contributed by atoms with Crippen LogP contribution in [0.5, 0.6) is 0 Å². The van der Waals surface area contributed by atoms with Gasteiger partial charge in [0.2, 0.25) is 0 Å². The van der Waals surface area contributed by atoms with Crippen molar-refractivity contribution in [2.45, 2.75) is 19.4 Å². The van der Waals surface area contributed by atoms with E-state index in [1.54, 1.807) is 19.3 Å². The molecule has 6 nitrogen and oxygen atoms in total. The zero-order valence-corrected chi connectivity index (χ0v) is 10.9. The fourth-order valence-electron chi connectivity index (χ4n) is 1.60. The van der Waals surface area contributed by atoms with E-state index < -0.39 is 0 Å². The van der Waals surface area contributed by atoms with E-state index in [1.165, 1.54) is 0 Å². The lowest BCUT2D eigenvalue weighted by atomic mass is 10.1. The third-order valence-corrected chi connectivity index (χ3v) is 2.79. The molecule has 1 amide bonds. The minimum Gasteiger partial charge on any atom is -0.388 e. The Balaban J connectivity index is 2.89. The maximum atomic E-state index is 11.5. The fourth-order valence-corrected chi connectivity index (χ4v) is 1.60. The first kappa shape index (κ1) is 14.0. The Morgan fingerprint density at radius 3 is 2.89 bits per heavy atom. The first-order valence-corrected chi connectivity index (χ1v) is 5.69. The number of rotatable bonds is 5. The van der Waals surface area contributed by atoms with Crippen LogP contribution in [-0.4, -0.2) is 36.9 Å². The zero-order valence-electron chi connectivity index (χ0n) is 10.9. The second kappa shape index (κ2) is 6.00. The summed E-state index contributed by atoms with van der Waals surface area (Å²) in [5, 5.41) is 9.83. The van der Waals surface area contributed by atoms with Gasteiger partial charge in [0.05, 0.1) is 5.84 Å². The van der Waals surface area contributed by atoms with Crippen LogP contribution in [0.25, 0.3) is 0 Å². The summed E-state index contributed by atoms with van der Waals surface area (Å²) in [6.07, 6.45) is 2.07. The van der Waals surface area contributed by atoms with Crippen molar-refractivity contribution in [3.8, 4) is 0 Å². The summed E-state index contributed by atoms with van der Waals surface area (Å²) in [4.78, 5) is 17.5. The van der Waals surface area contributed by atoms with Gasteiger partial charge in [0.1, 0.15) is 5.69 Å². The Hall–Kier alpha value is -2.11. The van der Waals surface area contributed by atoms with Gasteiger partial charge in [-0.25, -0.2) is 0 Å². The standard InChI is InChI=1S/C12H19N5O/c1-8(6-11(13)14)17(3)9-4-5-16-10(7-9)12(18)15-2/h4-5,7-8H,6H2,1-3H3,(H3,13,14)(H,15,18). The maximum Gasteiger partial charge on any atom is 0.269 e. The number of anilines is 1. The zero-order chi connectivity index (χ0) is 13.7. The van der Waals surface area contributed by atoms with E-state index in [-0.39, 0.29) is 17.8 Å². The molecule has 1 atom stereocenters. The summed E-state index contributed by atoms with van der Waals surface area (Å²) in [6, 6.07) is 3.63. The fraction of sp³-hybridized carbons (Fsp3) is 0.417. The van der Waals surface area contributed by atoms with Crippen LogP contribution in [0.2, 0.25) is 0 Å². The van der Waals surface area contributed by atoms with Crippen LogP contribution in [0.15, 0.2) is 18.3 Å². The van der Waals surface area contributed by atoms with Crippen LogP contribution in [-0.2, 0) is 0 Å². The van der Waals surface area contributed by atoms with Crippen molar-refractivity contribution >= 4 is 17.4 Å². The van der Waals surface area contributed by atoms with Gasteiger partial charge in [-0.05, 0) is 19.1 Å². The van der Waals surface area contributed by atoms with E-state index in [4.69, 9.17) is 11.1 Å². The average molecular weight is 249 g/mol. The average Bonchev–Trinajstić information content (AvgIpc) is 2.36. The summed E-state index contributed by atoms with van der Waals surface area (Å²) in [5.74, 6) is -0.0700. The second-order valence-corrected chi connectivity index (χ2v) is 4.17. The molecule has 0 aromatic carbocycles. The number of hydrogen-bond acceptors (Lipinski definition) is 4. The predicted molar refractivity (Wildman–Crippen MR) is 72.0 cm³/mol. The van der Waals surface area contributed by atoms with Gasteiger partial charge in [-0.1, -0.05) is 0 Å². The van der Waals surface area contributed by atoms with E-state index in [2.05, 4.69) is 10.3 Å². The Kier molecular flexibility index (Phi) is 4.65. The SMILES string of the molecule is CNC(=O)c1cc(N(C)C(C)CC(=N)N)ccn1. The number of amidine groups is 1. The molecule has 1 unspecified atom stereocenters. The van der Waals surface area contributed by atoms with E-state index in [0.717, 1.165) is 5.69 Å². The van der Waals surface area contributed by atoms with Crippen LogP contribution in [0, 0.1) is 5.41 Å². The van der Waals surface area contributed by atoms with Gasteiger partial charge in [0, 0.05) is 38.4 Å². The number of carbonyl (C=O) groups is 1. The summed E-state index contributed by atoms with van der Waals surface area (Å²) >= 11 is 0. The number of amides is 1. The van der Waals surface area contributed by atoms with Crippen molar-refractivity contribution in [1.29, 1.82) is 5.41 Å². The molecule has 0 bridgehead atoms. The molecule has 98 valence electrons. The lowest BCUT2D eigenvalue weighted by molar-refractivity contribution is 0.0958. The van der Waals surface area contributed by atoms with Crippen LogP contribution >= 0.6 is 0 Å². The number of nitrogens with two attached hydrogens (primary N) is 1. The van der Waals surface area contributed by atoms with E-state index in [1.807, 2.05) is 24.9 Å². The third kappa shape index (κ3) is 3.44. The van der Waals surface area contributed by atoms with Gasteiger partial charge in [-0.15, -0.1) is 0 Å². The molecule has 1 aromatic rings. The highest BCUT2D eigenvalue weighted by molar-refractivity contribution is 5.92. The first-order valence-electron chi connectivity index (χ1n) is 5.69. The van der Waals surface area contributed by atoms with Gasteiger partial charge in [-0.2, -0.15) is 0 Å². The highest BCUT2D eigenvalue weighted by atomic mass is 16.1. The number of pyridine rings is 1. The van der Waals surface area contributed by atoms with Crippen molar-refractivity contribution in [2.24, 2.45) is 5.73 Å². The first-order chi connectivity index (χ1) is 8.45. The highest BCUT2D eigenvalue weighted by Gasteiger charge is 2.13. The van der Waals surface area contributed by atoms with Crippen LogP contribution in [0.3, 0.4) is 0 Å². The van der Waals surface area contributed by atoms with Crippen LogP contribution in [0.4, 0.5) is 5.69 Å². The number of aromatic nitrogens is 1. The van der Waals surface area contributed by atoms with Crippen molar-refractivity contribution in [3.05, 3.63) is 24.0 Å². The molecule has 4 N–H and O–H groups in total. The van der Waals surface area contributed by atoms with Gasteiger partial charge in [-0.3, -0.25) is 15.2 Å². The molecular formula is C12H19N5O. The molecule has 0 radical (unpaired) electrons. The smallest absolute Gasteiger partial charge is 0.269 e. The van der Waals surface area contributed by atoms with Gasteiger partial charge in [0.15, 0.2) is 0 Å². The lowest BCUT2D eigenvalue weighted by Crippen LogP contribution is -2.33. The Morgan fingerprint density at radius 2 is 2.33 bits per heavy atom. The number of nitrogens with zero attached hydrogens (tertiary/aromatic N) is 2. The van der Waals surface area contributed by atoms with E-state index in [0.29, 0.717) is 12.1 Å². The molecule has 0 spiro atoms. The summed E-state index contributed by atoms with van der Waals surface area (Å²) in [6.45, 7) is 1.97. The van der Waals surface area contributed by atoms with Crippen molar-refractivity contribution in [2.75, 3.05) is 19.0 Å². The molecule has 1 heterocycles. The molecule has 0 fully saturated rings. The quantitative estimate of drug-likeness (QED) is 0.526. The minimum absolute atomic E-state index is 0.0856. The lowest BCUT2D eigenvalue weighted by Gasteiger charge is -2.26. The molecule has 0 saturated carbocycles. The number of carbonyl (C=O) groups excluding carboxylic acids is 1. The Labute approximate surface area is 107 Å². The molecule has 1 rings (SSSR count). The summed E-state index contributed by atoms with van der Waals surface area (Å²) in [7, 11) is 3.47. The Bertz CT molecular complexity index is 446. The minimum atomic E-state index is -0.218. The topological polar surface area (TPSA) is 95.1 Å². The normalized spacial score (nSPS) is 11.7. The van der Waals surface area contributed by atoms with Gasteiger partial charge < -0.3 is 16.0 Å². The summed E-state index contributed by atoms with van der Waals surface area (Å²) in [5.41, 5.74) is 6.63. The van der Waals surface area contributed by atoms with Crippen LogP contribution < -0.4 is 16.0 Å². The highest BCUT2D eigenvalue weighted by Crippen LogP contribution is 2.16. The number of nitrogens with one attached hydrogen (secondary N) is 2. The predicted octanol–water partition coefficient (Wildman–Crippen LogP) is 0.592. The van der Waals surface area contributed by atoms with Gasteiger partial charge >= 0.3 is 0 Å². The molecule has 6 heteroatoms. The maximum absolute atomic E-state index is 11.5. The van der Waals surface area contributed by atoms with Crippen molar-refractivity contribution in [1.82, 2.24) is 10.3 Å². The van der Waals surface area contributed by atoms with Crippen molar-refractivity contribution < 1.29 is 4.79 Å². The molecule has 18 heavy (non-hydrogen) atoms. The second-order valence-electron chi connectivity index (χ2n) is 4.17. The third-order valence-electron chi connectivity index (χ3n) is 2.79. The van der Waals surface area contributed by atoms with E-state index in [9.17, 15) is 4.79 Å².